The number of carbonyl (C=O) groups is 1. The first kappa shape index (κ1) is 21.0. The molecule has 0 fully saturated rings. The van der Waals surface area contributed by atoms with E-state index in [9.17, 15) is 31.5 Å². The zero-order valence-electron chi connectivity index (χ0n) is 15.6. The maximum Gasteiger partial charge on any atom is 0.286 e. The Morgan fingerprint density at radius 1 is 1.26 bits per heavy atom. The molecule has 0 unspecified atom stereocenters. The third-order valence-corrected chi connectivity index (χ3v) is 6.11. The van der Waals surface area contributed by atoms with Gasteiger partial charge < -0.3 is 10.0 Å². The first-order valence-electron chi connectivity index (χ1n) is 8.87. The SMILES string of the molecule is O=C([C@@H](O)c1ncccc1F)N1Cc2cn(S(=O)(=O)c3cnn(CC(F)F)c3)nc2C1. The molecular formula is C17H15F3N6O4S. The average molecular weight is 456 g/mol. The predicted molar refractivity (Wildman–Crippen MR) is 96.5 cm³/mol. The zero-order valence-corrected chi connectivity index (χ0v) is 16.5. The summed E-state index contributed by atoms with van der Waals surface area (Å²) >= 11 is 0. The fraction of sp³-hybridized carbons (Fsp3) is 0.294. The van der Waals surface area contributed by atoms with Crippen LogP contribution in [0.15, 0.2) is 41.8 Å². The van der Waals surface area contributed by atoms with E-state index in [1.807, 2.05) is 0 Å². The maximum atomic E-state index is 13.8. The molecule has 1 aliphatic rings. The molecule has 31 heavy (non-hydrogen) atoms. The van der Waals surface area contributed by atoms with Gasteiger partial charge in [0.2, 0.25) is 0 Å². The molecule has 3 aromatic rings. The summed E-state index contributed by atoms with van der Waals surface area (Å²) in [5.74, 6) is -1.64. The van der Waals surface area contributed by atoms with Gasteiger partial charge in [-0.2, -0.15) is 22.7 Å². The molecule has 4 heterocycles. The van der Waals surface area contributed by atoms with Crippen LogP contribution in [0.1, 0.15) is 23.1 Å². The van der Waals surface area contributed by atoms with Crippen LogP contribution in [0.2, 0.25) is 0 Å². The zero-order chi connectivity index (χ0) is 22.3. The van der Waals surface area contributed by atoms with Gasteiger partial charge in [0.1, 0.15) is 23.0 Å². The number of rotatable bonds is 6. The molecule has 0 aromatic carbocycles. The van der Waals surface area contributed by atoms with Crippen molar-refractivity contribution in [2.45, 2.75) is 37.1 Å². The monoisotopic (exact) mass is 456 g/mol. The Morgan fingerprint density at radius 3 is 2.71 bits per heavy atom. The number of fused-ring (bicyclic) bond motifs is 1. The topological polar surface area (TPSA) is 123 Å². The lowest BCUT2D eigenvalue weighted by Gasteiger charge is -2.19. The molecule has 0 radical (unpaired) electrons. The van der Waals surface area contributed by atoms with Gasteiger partial charge in [0.15, 0.2) is 6.10 Å². The Labute approximate surface area is 173 Å². The van der Waals surface area contributed by atoms with Gasteiger partial charge in [-0.3, -0.25) is 14.5 Å². The summed E-state index contributed by atoms with van der Waals surface area (Å²) in [5, 5.41) is 17.7. The van der Waals surface area contributed by atoms with Crippen molar-refractivity contribution >= 4 is 15.9 Å². The molecule has 10 nitrogen and oxygen atoms in total. The van der Waals surface area contributed by atoms with E-state index in [0.717, 1.165) is 23.1 Å². The van der Waals surface area contributed by atoms with Crippen molar-refractivity contribution in [2.75, 3.05) is 0 Å². The Bertz CT molecular complexity index is 1220. The van der Waals surface area contributed by atoms with Gasteiger partial charge in [-0.15, -0.1) is 0 Å². The lowest BCUT2D eigenvalue weighted by molar-refractivity contribution is -0.141. The minimum absolute atomic E-state index is 0.0557. The minimum Gasteiger partial charge on any atom is -0.377 e. The van der Waals surface area contributed by atoms with E-state index in [4.69, 9.17) is 0 Å². The lowest BCUT2D eigenvalue weighted by atomic mass is 10.2. The van der Waals surface area contributed by atoms with Crippen LogP contribution in [-0.2, 0) is 34.5 Å². The number of halogens is 3. The number of aromatic nitrogens is 5. The van der Waals surface area contributed by atoms with Gasteiger partial charge >= 0.3 is 0 Å². The Balaban J connectivity index is 1.50. The first-order valence-corrected chi connectivity index (χ1v) is 10.3. The Hall–Kier alpha value is -3.26. The molecule has 0 saturated heterocycles. The molecule has 164 valence electrons. The second-order valence-corrected chi connectivity index (χ2v) is 8.53. The number of nitrogens with zero attached hydrogens (tertiary/aromatic N) is 6. The molecular weight excluding hydrogens is 441 g/mol. The molecule has 0 spiro atoms. The highest BCUT2D eigenvalue weighted by atomic mass is 32.2. The minimum atomic E-state index is -4.17. The van der Waals surface area contributed by atoms with Crippen molar-refractivity contribution in [3.05, 3.63) is 59.7 Å². The summed E-state index contributed by atoms with van der Waals surface area (Å²) in [7, 11) is -4.17. The van der Waals surface area contributed by atoms with E-state index < -0.39 is 46.5 Å². The highest BCUT2D eigenvalue weighted by molar-refractivity contribution is 7.89. The van der Waals surface area contributed by atoms with Crippen molar-refractivity contribution in [1.82, 2.24) is 28.9 Å². The molecule has 4 rings (SSSR count). The second kappa shape index (κ2) is 7.77. The summed E-state index contributed by atoms with van der Waals surface area (Å²) in [6, 6.07) is 2.39. The molecule has 0 bridgehead atoms. The summed E-state index contributed by atoms with van der Waals surface area (Å²) in [5.41, 5.74) is 0.265. The van der Waals surface area contributed by atoms with Crippen molar-refractivity contribution in [3.63, 3.8) is 0 Å². The van der Waals surface area contributed by atoms with Gasteiger partial charge in [0, 0.05) is 30.7 Å². The van der Waals surface area contributed by atoms with E-state index in [1.54, 1.807) is 0 Å². The third-order valence-electron chi connectivity index (χ3n) is 4.63. The Morgan fingerprint density at radius 2 is 2.03 bits per heavy atom. The van der Waals surface area contributed by atoms with Crippen LogP contribution in [0.4, 0.5) is 13.2 Å². The van der Waals surface area contributed by atoms with Crippen LogP contribution in [0.5, 0.6) is 0 Å². The van der Waals surface area contributed by atoms with Crippen LogP contribution in [0.3, 0.4) is 0 Å². The van der Waals surface area contributed by atoms with Crippen molar-refractivity contribution < 1.29 is 31.5 Å². The number of alkyl halides is 2. The van der Waals surface area contributed by atoms with Gasteiger partial charge in [0.25, 0.3) is 22.4 Å². The summed E-state index contributed by atoms with van der Waals surface area (Å²) in [6.45, 7) is -0.909. The number of aliphatic hydroxyl groups excluding tert-OH is 1. The molecule has 1 amide bonds. The van der Waals surface area contributed by atoms with Crippen molar-refractivity contribution in [2.24, 2.45) is 0 Å². The number of hydrogen-bond donors (Lipinski definition) is 1. The fourth-order valence-electron chi connectivity index (χ4n) is 3.12. The first-order chi connectivity index (χ1) is 14.7. The van der Waals surface area contributed by atoms with E-state index in [1.165, 1.54) is 23.4 Å². The molecule has 1 aliphatic heterocycles. The van der Waals surface area contributed by atoms with E-state index in [-0.39, 0.29) is 23.7 Å². The number of aliphatic hydroxyl groups is 1. The lowest BCUT2D eigenvalue weighted by Crippen LogP contribution is -2.32. The van der Waals surface area contributed by atoms with Crippen molar-refractivity contribution in [3.8, 4) is 0 Å². The van der Waals surface area contributed by atoms with Gasteiger partial charge in [-0.25, -0.2) is 13.2 Å². The Kier molecular flexibility index (Phi) is 5.26. The second-order valence-electron chi connectivity index (χ2n) is 6.74. The molecule has 0 aliphatic carbocycles. The smallest absolute Gasteiger partial charge is 0.286 e. The number of amides is 1. The maximum absolute atomic E-state index is 13.8. The molecule has 3 aromatic heterocycles. The number of pyridine rings is 1. The molecule has 0 saturated carbocycles. The molecule has 14 heteroatoms. The van der Waals surface area contributed by atoms with Gasteiger partial charge in [-0.05, 0) is 12.1 Å². The van der Waals surface area contributed by atoms with E-state index in [0.29, 0.717) is 9.65 Å². The van der Waals surface area contributed by atoms with E-state index in [2.05, 4.69) is 15.2 Å². The quantitative estimate of drug-likeness (QED) is 0.579. The highest BCUT2D eigenvalue weighted by Crippen LogP contribution is 2.27. The van der Waals surface area contributed by atoms with Crippen LogP contribution >= 0.6 is 0 Å². The van der Waals surface area contributed by atoms with Gasteiger partial charge in [-0.1, -0.05) is 0 Å². The van der Waals surface area contributed by atoms with Crippen molar-refractivity contribution in [1.29, 1.82) is 0 Å². The van der Waals surface area contributed by atoms with Crippen LogP contribution in [0.25, 0.3) is 0 Å². The van der Waals surface area contributed by atoms with Crippen LogP contribution in [0, 0.1) is 5.82 Å². The largest absolute Gasteiger partial charge is 0.377 e. The van der Waals surface area contributed by atoms with Gasteiger partial charge in [0.05, 0.1) is 18.4 Å². The average Bonchev–Trinajstić information content (AvgIpc) is 3.41. The number of hydrogen-bond acceptors (Lipinski definition) is 7. The molecule has 1 atom stereocenters. The normalized spacial score (nSPS) is 14.8. The number of carbonyl (C=O) groups excluding carboxylic acids is 1. The fourth-order valence-corrected chi connectivity index (χ4v) is 4.25. The molecule has 1 N–H and O–H groups in total. The standard InChI is InChI=1S/C17H15F3N6O4S/c18-12-2-1-3-21-15(12)16(27)17(28)24-5-10-6-26(23-13(10)8-24)31(29,30)11-4-22-25(7-11)9-14(19)20/h1-4,6-7,14,16,27H,5,8-9H2/t16-/m0/s1. The summed E-state index contributed by atoms with van der Waals surface area (Å²) in [4.78, 5) is 17.1. The van der Waals surface area contributed by atoms with Crippen LogP contribution in [-0.4, -0.2) is 54.7 Å². The third kappa shape index (κ3) is 3.90. The van der Waals surface area contributed by atoms with E-state index >= 15 is 0 Å². The van der Waals surface area contributed by atoms with Crippen LogP contribution < -0.4 is 0 Å². The predicted octanol–water partition coefficient (Wildman–Crippen LogP) is 0.692. The summed E-state index contributed by atoms with van der Waals surface area (Å²) in [6.07, 6.45) is -0.160. The summed E-state index contributed by atoms with van der Waals surface area (Å²) < 4.78 is 65.5. The highest BCUT2D eigenvalue weighted by Gasteiger charge is 2.34.